The molecule has 0 radical (unpaired) electrons. The molecule has 2 amide bonds. The third-order valence-corrected chi connectivity index (χ3v) is 8.43. The number of carbonyl (C=O) groups excluding carboxylic acids is 2. The monoisotopic (exact) mass is 425 g/mol. The van der Waals surface area contributed by atoms with Crippen LogP contribution in [-0.4, -0.2) is 59.6 Å². The standard InChI is InChI=1S/C25H35N3O3/c1-16(29)26-20-9-10-28(15-20)21-6-4-18(5-7-21)24(30)27(2)23-8-3-17-11-19-13-25(31,12-17)14-22(19)23/h4-7,17,19-20,22-23,31H,3,8-15H2,1-2H3,(H,26,29). The summed E-state index contributed by atoms with van der Waals surface area (Å²) in [4.78, 5) is 28.9. The fourth-order valence-corrected chi connectivity index (χ4v) is 7.14. The van der Waals surface area contributed by atoms with Gasteiger partial charge in [0.25, 0.3) is 5.91 Å². The lowest BCUT2D eigenvalue weighted by Crippen LogP contribution is -2.43. The van der Waals surface area contributed by atoms with Gasteiger partial charge in [-0.2, -0.15) is 0 Å². The SMILES string of the molecule is CC(=O)NC1CCN(c2ccc(C(=O)N(C)C3CCC4CC5CC(O)(C4)CC53)cc2)C1. The highest BCUT2D eigenvalue weighted by atomic mass is 16.3. The Labute approximate surface area is 185 Å². The second-order valence-electron chi connectivity index (χ2n) is 10.6. The molecule has 6 nitrogen and oxygen atoms in total. The van der Waals surface area contributed by atoms with Gasteiger partial charge >= 0.3 is 0 Å². The van der Waals surface area contributed by atoms with E-state index in [1.54, 1.807) is 6.92 Å². The fourth-order valence-electron chi connectivity index (χ4n) is 7.14. The molecule has 0 aromatic heterocycles. The molecule has 168 valence electrons. The van der Waals surface area contributed by atoms with E-state index in [4.69, 9.17) is 0 Å². The first-order chi connectivity index (χ1) is 14.8. The van der Waals surface area contributed by atoms with Crippen LogP contribution in [0.2, 0.25) is 0 Å². The number of hydrogen-bond donors (Lipinski definition) is 2. The molecular formula is C25H35N3O3. The summed E-state index contributed by atoms with van der Waals surface area (Å²) in [5.74, 6) is 1.73. The molecule has 1 aromatic rings. The second-order valence-corrected chi connectivity index (χ2v) is 10.6. The maximum Gasteiger partial charge on any atom is 0.253 e. The molecule has 31 heavy (non-hydrogen) atoms. The number of rotatable bonds is 4. The topological polar surface area (TPSA) is 72.9 Å². The minimum atomic E-state index is -0.479. The molecular weight excluding hydrogens is 390 g/mol. The number of nitrogens with one attached hydrogen (secondary N) is 1. The fraction of sp³-hybridized carbons (Fsp3) is 0.680. The summed E-state index contributed by atoms with van der Waals surface area (Å²) < 4.78 is 0. The molecule has 6 atom stereocenters. The Morgan fingerprint density at radius 2 is 1.90 bits per heavy atom. The van der Waals surface area contributed by atoms with Crippen LogP contribution in [0.4, 0.5) is 5.69 Å². The Morgan fingerprint density at radius 3 is 2.65 bits per heavy atom. The van der Waals surface area contributed by atoms with E-state index >= 15 is 0 Å². The third-order valence-electron chi connectivity index (χ3n) is 8.43. The molecule has 3 saturated carbocycles. The minimum absolute atomic E-state index is 0.0169. The molecule has 6 heteroatoms. The van der Waals surface area contributed by atoms with Crippen LogP contribution in [0.15, 0.2) is 24.3 Å². The second kappa shape index (κ2) is 7.80. The first kappa shape index (κ1) is 20.8. The zero-order chi connectivity index (χ0) is 21.8. The molecule has 4 fully saturated rings. The normalized spacial score (nSPS) is 36.4. The molecule has 4 aliphatic rings. The molecule has 2 N–H and O–H groups in total. The number of carbonyl (C=O) groups is 2. The van der Waals surface area contributed by atoms with E-state index in [0.717, 1.165) is 62.9 Å². The van der Waals surface area contributed by atoms with Gasteiger partial charge < -0.3 is 20.2 Å². The molecule has 1 saturated heterocycles. The van der Waals surface area contributed by atoms with Crippen molar-refractivity contribution in [1.82, 2.24) is 10.2 Å². The highest BCUT2D eigenvalue weighted by Gasteiger charge is 2.54. The van der Waals surface area contributed by atoms with Gasteiger partial charge in [-0.3, -0.25) is 9.59 Å². The Kier molecular flexibility index (Phi) is 5.24. The van der Waals surface area contributed by atoms with Gasteiger partial charge in [-0.25, -0.2) is 0 Å². The van der Waals surface area contributed by atoms with Gasteiger partial charge in [0.15, 0.2) is 0 Å². The van der Waals surface area contributed by atoms with Crippen LogP contribution in [0.5, 0.6) is 0 Å². The van der Waals surface area contributed by atoms with E-state index in [9.17, 15) is 14.7 Å². The molecule has 3 aliphatic carbocycles. The summed E-state index contributed by atoms with van der Waals surface area (Å²) in [6.45, 7) is 3.28. The van der Waals surface area contributed by atoms with Gasteiger partial charge in [0.05, 0.1) is 5.60 Å². The third kappa shape index (κ3) is 3.95. The average molecular weight is 426 g/mol. The number of aliphatic hydroxyl groups is 1. The molecule has 3 bridgehead atoms. The molecule has 5 rings (SSSR count). The molecule has 1 aliphatic heterocycles. The van der Waals surface area contributed by atoms with Crippen molar-refractivity contribution in [2.45, 2.75) is 69.6 Å². The van der Waals surface area contributed by atoms with Crippen molar-refractivity contribution in [3.05, 3.63) is 29.8 Å². The van der Waals surface area contributed by atoms with E-state index in [1.807, 2.05) is 36.2 Å². The van der Waals surface area contributed by atoms with Gasteiger partial charge in [0, 0.05) is 50.4 Å². The predicted molar refractivity (Wildman–Crippen MR) is 120 cm³/mol. The van der Waals surface area contributed by atoms with Crippen LogP contribution in [-0.2, 0) is 4.79 Å². The van der Waals surface area contributed by atoms with Gasteiger partial charge in [0.2, 0.25) is 5.91 Å². The lowest BCUT2D eigenvalue weighted by molar-refractivity contribution is -0.119. The number of benzene rings is 1. The van der Waals surface area contributed by atoms with Crippen molar-refractivity contribution >= 4 is 17.5 Å². The van der Waals surface area contributed by atoms with Crippen LogP contribution in [0.25, 0.3) is 0 Å². The summed E-state index contributed by atoms with van der Waals surface area (Å²) in [7, 11) is 1.95. The smallest absolute Gasteiger partial charge is 0.253 e. The summed E-state index contributed by atoms with van der Waals surface area (Å²) in [6.07, 6.45) is 7.11. The van der Waals surface area contributed by atoms with Crippen molar-refractivity contribution < 1.29 is 14.7 Å². The average Bonchev–Trinajstić information content (AvgIpc) is 3.24. The first-order valence-corrected chi connectivity index (χ1v) is 11.9. The van der Waals surface area contributed by atoms with Crippen LogP contribution < -0.4 is 10.2 Å². The van der Waals surface area contributed by atoms with Crippen LogP contribution in [0, 0.1) is 17.8 Å². The van der Waals surface area contributed by atoms with E-state index in [-0.39, 0.29) is 23.9 Å². The number of nitrogens with zero attached hydrogens (tertiary/aromatic N) is 2. The van der Waals surface area contributed by atoms with E-state index in [1.165, 1.54) is 6.42 Å². The minimum Gasteiger partial charge on any atom is -0.390 e. The summed E-state index contributed by atoms with van der Waals surface area (Å²) in [6, 6.07) is 8.36. The van der Waals surface area contributed by atoms with Crippen molar-refractivity contribution in [2.75, 3.05) is 25.0 Å². The van der Waals surface area contributed by atoms with Crippen LogP contribution in [0.3, 0.4) is 0 Å². The lowest BCUT2D eigenvalue weighted by Gasteiger charge is -2.36. The Morgan fingerprint density at radius 1 is 1.13 bits per heavy atom. The van der Waals surface area contributed by atoms with Crippen LogP contribution in [0.1, 0.15) is 62.2 Å². The zero-order valence-electron chi connectivity index (χ0n) is 18.7. The van der Waals surface area contributed by atoms with Crippen molar-refractivity contribution in [3.63, 3.8) is 0 Å². The quantitative estimate of drug-likeness (QED) is 0.778. The highest BCUT2D eigenvalue weighted by Crippen LogP contribution is 2.56. The zero-order valence-corrected chi connectivity index (χ0v) is 18.7. The lowest BCUT2D eigenvalue weighted by atomic mass is 9.77. The van der Waals surface area contributed by atoms with Crippen molar-refractivity contribution in [2.24, 2.45) is 17.8 Å². The molecule has 6 unspecified atom stereocenters. The number of fused-ring (bicyclic) bond motifs is 2. The van der Waals surface area contributed by atoms with Gasteiger partial charge in [-0.1, -0.05) is 0 Å². The Balaban J connectivity index is 1.26. The van der Waals surface area contributed by atoms with Crippen LogP contribution >= 0.6 is 0 Å². The summed E-state index contributed by atoms with van der Waals surface area (Å²) >= 11 is 0. The number of amides is 2. The number of anilines is 1. The molecule has 1 heterocycles. The van der Waals surface area contributed by atoms with Gasteiger partial charge in [0.1, 0.15) is 0 Å². The Hall–Kier alpha value is -2.08. The number of hydrogen-bond acceptors (Lipinski definition) is 4. The summed E-state index contributed by atoms with van der Waals surface area (Å²) in [5, 5.41) is 13.9. The summed E-state index contributed by atoms with van der Waals surface area (Å²) in [5.41, 5.74) is 1.35. The largest absolute Gasteiger partial charge is 0.390 e. The van der Waals surface area contributed by atoms with E-state index in [0.29, 0.717) is 17.8 Å². The predicted octanol–water partition coefficient (Wildman–Crippen LogP) is 2.80. The van der Waals surface area contributed by atoms with E-state index in [2.05, 4.69) is 10.2 Å². The highest BCUT2D eigenvalue weighted by molar-refractivity contribution is 5.94. The van der Waals surface area contributed by atoms with Gasteiger partial charge in [-0.15, -0.1) is 0 Å². The first-order valence-electron chi connectivity index (χ1n) is 11.9. The van der Waals surface area contributed by atoms with Gasteiger partial charge in [-0.05, 0) is 87.0 Å². The maximum atomic E-state index is 13.3. The molecule has 0 spiro atoms. The Bertz CT molecular complexity index is 856. The maximum absolute atomic E-state index is 13.3. The molecule has 1 aromatic carbocycles. The van der Waals surface area contributed by atoms with Crippen molar-refractivity contribution in [1.29, 1.82) is 0 Å². The van der Waals surface area contributed by atoms with Crippen molar-refractivity contribution in [3.8, 4) is 0 Å². The van der Waals surface area contributed by atoms with E-state index < -0.39 is 5.60 Å².